The van der Waals surface area contributed by atoms with Gasteiger partial charge in [0.1, 0.15) is 11.5 Å². The third kappa shape index (κ3) is 5.77. The van der Waals surface area contributed by atoms with Gasteiger partial charge >= 0.3 is 0 Å². The zero-order valence-electron chi connectivity index (χ0n) is 14.9. The predicted octanol–water partition coefficient (Wildman–Crippen LogP) is 3.30. The van der Waals surface area contributed by atoms with Crippen LogP contribution < -0.4 is 20.3 Å². The molecule has 26 heavy (non-hydrogen) atoms. The van der Waals surface area contributed by atoms with Gasteiger partial charge in [-0.05, 0) is 78.2 Å². The summed E-state index contributed by atoms with van der Waals surface area (Å²) in [6, 6.07) is 10.6. The second kappa shape index (κ2) is 9.24. The number of hydrogen-bond acceptors (Lipinski definition) is 4. The van der Waals surface area contributed by atoms with E-state index < -0.39 is 11.8 Å². The molecule has 0 saturated carbocycles. The fourth-order valence-corrected chi connectivity index (χ4v) is 2.81. The maximum Gasteiger partial charge on any atom is 0.276 e. The number of carbonyl (C=O) groups is 2. The Balaban J connectivity index is 1.84. The van der Waals surface area contributed by atoms with Crippen molar-refractivity contribution in [2.24, 2.45) is 0 Å². The maximum atomic E-state index is 12.1. The van der Waals surface area contributed by atoms with Crippen LogP contribution in [0.1, 0.15) is 28.4 Å². The van der Waals surface area contributed by atoms with Gasteiger partial charge in [-0.3, -0.25) is 20.4 Å². The van der Waals surface area contributed by atoms with Gasteiger partial charge in [0.25, 0.3) is 11.8 Å². The summed E-state index contributed by atoms with van der Waals surface area (Å²) in [4.78, 5) is 24.0. The molecule has 0 fully saturated rings. The molecule has 2 rings (SSSR count). The molecule has 0 radical (unpaired) electrons. The highest BCUT2D eigenvalue weighted by atomic mass is 79.9. The van der Waals surface area contributed by atoms with Crippen LogP contribution >= 0.6 is 15.9 Å². The minimum atomic E-state index is -0.456. The third-order valence-corrected chi connectivity index (χ3v) is 3.99. The van der Waals surface area contributed by atoms with Gasteiger partial charge in [-0.2, -0.15) is 0 Å². The van der Waals surface area contributed by atoms with E-state index in [1.807, 2.05) is 39.0 Å². The van der Waals surface area contributed by atoms with E-state index in [4.69, 9.17) is 9.47 Å². The average molecular weight is 421 g/mol. The lowest BCUT2D eigenvalue weighted by Gasteiger charge is -2.11. The first-order chi connectivity index (χ1) is 12.4. The molecule has 0 aliphatic heterocycles. The second-order valence-electron chi connectivity index (χ2n) is 5.69. The second-order valence-corrected chi connectivity index (χ2v) is 6.55. The predicted molar refractivity (Wildman–Crippen MR) is 102 cm³/mol. The van der Waals surface area contributed by atoms with Crippen LogP contribution in [0.4, 0.5) is 0 Å². The van der Waals surface area contributed by atoms with Crippen molar-refractivity contribution >= 4 is 27.7 Å². The summed E-state index contributed by atoms with van der Waals surface area (Å²) in [5.74, 6) is 0.366. The Morgan fingerprint density at radius 2 is 1.69 bits per heavy atom. The van der Waals surface area contributed by atoms with Gasteiger partial charge in [-0.25, -0.2) is 0 Å². The standard InChI is InChI=1S/C19H21BrN2O4/c1-4-25-17-6-5-14(10-16(17)20)19(24)22-21-18(23)11-26-15-8-12(2)7-13(3)9-15/h5-10H,4,11H2,1-3H3,(H,21,23)(H,22,24). The molecule has 0 heterocycles. The smallest absolute Gasteiger partial charge is 0.276 e. The van der Waals surface area contributed by atoms with E-state index >= 15 is 0 Å². The van der Waals surface area contributed by atoms with Gasteiger partial charge in [-0.15, -0.1) is 0 Å². The molecule has 2 aromatic carbocycles. The van der Waals surface area contributed by atoms with Crippen molar-refractivity contribution in [3.63, 3.8) is 0 Å². The molecule has 0 bridgehead atoms. The average Bonchev–Trinajstić information content (AvgIpc) is 2.59. The molecule has 0 saturated heterocycles. The summed E-state index contributed by atoms with van der Waals surface area (Å²) < 4.78 is 11.5. The molecule has 2 N–H and O–H groups in total. The van der Waals surface area contributed by atoms with Gasteiger partial charge in [-0.1, -0.05) is 6.07 Å². The van der Waals surface area contributed by atoms with Crippen molar-refractivity contribution < 1.29 is 19.1 Å². The highest BCUT2D eigenvalue weighted by Crippen LogP contribution is 2.25. The van der Waals surface area contributed by atoms with E-state index in [-0.39, 0.29) is 6.61 Å². The third-order valence-electron chi connectivity index (χ3n) is 3.37. The van der Waals surface area contributed by atoms with Gasteiger partial charge in [0.15, 0.2) is 6.61 Å². The van der Waals surface area contributed by atoms with Crippen molar-refractivity contribution in [1.29, 1.82) is 0 Å². The quantitative estimate of drug-likeness (QED) is 0.702. The Morgan fingerprint density at radius 3 is 2.31 bits per heavy atom. The van der Waals surface area contributed by atoms with E-state index in [0.29, 0.717) is 28.1 Å². The van der Waals surface area contributed by atoms with Gasteiger partial charge in [0.05, 0.1) is 11.1 Å². The fraction of sp³-hybridized carbons (Fsp3) is 0.263. The Hall–Kier alpha value is -2.54. The molecular formula is C19H21BrN2O4. The summed E-state index contributed by atoms with van der Waals surface area (Å²) in [6.07, 6.45) is 0. The zero-order valence-corrected chi connectivity index (χ0v) is 16.5. The zero-order chi connectivity index (χ0) is 19.1. The number of nitrogens with one attached hydrogen (secondary N) is 2. The highest BCUT2D eigenvalue weighted by molar-refractivity contribution is 9.10. The molecule has 0 aliphatic carbocycles. The van der Waals surface area contributed by atoms with Crippen LogP contribution in [0.5, 0.6) is 11.5 Å². The summed E-state index contributed by atoms with van der Waals surface area (Å²) in [5, 5.41) is 0. The lowest BCUT2D eigenvalue weighted by molar-refractivity contribution is -0.123. The number of ether oxygens (including phenoxy) is 2. The van der Waals surface area contributed by atoms with Gasteiger partial charge in [0, 0.05) is 5.56 Å². The van der Waals surface area contributed by atoms with Crippen molar-refractivity contribution in [2.45, 2.75) is 20.8 Å². The molecular weight excluding hydrogens is 400 g/mol. The Kier molecular flexibility index (Phi) is 7.03. The minimum Gasteiger partial charge on any atom is -0.493 e. The minimum absolute atomic E-state index is 0.198. The molecule has 0 atom stereocenters. The largest absolute Gasteiger partial charge is 0.493 e. The van der Waals surface area contributed by atoms with E-state index in [1.165, 1.54) is 0 Å². The van der Waals surface area contributed by atoms with E-state index in [2.05, 4.69) is 26.8 Å². The van der Waals surface area contributed by atoms with Crippen molar-refractivity contribution in [1.82, 2.24) is 10.9 Å². The first-order valence-electron chi connectivity index (χ1n) is 8.11. The van der Waals surface area contributed by atoms with Gasteiger partial charge in [0.2, 0.25) is 0 Å². The number of halogens is 1. The number of benzene rings is 2. The van der Waals surface area contributed by atoms with E-state index in [9.17, 15) is 9.59 Å². The Morgan fingerprint density at radius 1 is 1.00 bits per heavy atom. The first kappa shape index (κ1) is 19.8. The van der Waals surface area contributed by atoms with Crippen LogP contribution in [0.25, 0.3) is 0 Å². The summed E-state index contributed by atoms with van der Waals surface area (Å²) in [7, 11) is 0. The van der Waals surface area contributed by atoms with E-state index in [0.717, 1.165) is 11.1 Å². The maximum absolute atomic E-state index is 12.1. The number of rotatable bonds is 6. The Bertz CT molecular complexity index is 788. The molecule has 2 aromatic rings. The van der Waals surface area contributed by atoms with Crippen molar-refractivity contribution in [2.75, 3.05) is 13.2 Å². The SMILES string of the molecule is CCOc1ccc(C(=O)NNC(=O)COc2cc(C)cc(C)c2)cc1Br. The van der Waals surface area contributed by atoms with Crippen LogP contribution in [0, 0.1) is 13.8 Å². The fourth-order valence-electron chi connectivity index (χ4n) is 2.31. The number of carbonyl (C=O) groups excluding carboxylic acids is 2. The molecule has 0 aromatic heterocycles. The topological polar surface area (TPSA) is 76.7 Å². The van der Waals surface area contributed by atoms with Crippen molar-refractivity contribution in [3.05, 3.63) is 57.6 Å². The molecule has 2 amide bonds. The number of hydrogen-bond donors (Lipinski definition) is 2. The lowest BCUT2D eigenvalue weighted by Crippen LogP contribution is -2.43. The number of amides is 2. The van der Waals surface area contributed by atoms with Crippen LogP contribution in [0.3, 0.4) is 0 Å². The molecule has 7 heteroatoms. The van der Waals surface area contributed by atoms with Crippen LogP contribution in [-0.4, -0.2) is 25.0 Å². The molecule has 6 nitrogen and oxygen atoms in total. The normalized spacial score (nSPS) is 10.2. The summed E-state index contributed by atoms with van der Waals surface area (Å²) >= 11 is 3.35. The molecule has 0 aliphatic rings. The Labute approximate surface area is 161 Å². The summed E-state index contributed by atoms with van der Waals surface area (Å²) in [5.41, 5.74) is 7.17. The lowest BCUT2D eigenvalue weighted by atomic mass is 10.1. The molecule has 0 unspecified atom stereocenters. The van der Waals surface area contributed by atoms with Crippen LogP contribution in [0.15, 0.2) is 40.9 Å². The van der Waals surface area contributed by atoms with Crippen LogP contribution in [-0.2, 0) is 4.79 Å². The van der Waals surface area contributed by atoms with E-state index in [1.54, 1.807) is 18.2 Å². The first-order valence-corrected chi connectivity index (χ1v) is 8.91. The number of hydrazine groups is 1. The number of aryl methyl sites for hydroxylation is 2. The monoisotopic (exact) mass is 420 g/mol. The van der Waals surface area contributed by atoms with Gasteiger partial charge < -0.3 is 9.47 Å². The molecule has 0 spiro atoms. The van der Waals surface area contributed by atoms with Crippen LogP contribution in [0.2, 0.25) is 0 Å². The summed E-state index contributed by atoms with van der Waals surface area (Å²) in [6.45, 7) is 6.11. The van der Waals surface area contributed by atoms with Crippen molar-refractivity contribution in [3.8, 4) is 11.5 Å². The highest BCUT2D eigenvalue weighted by Gasteiger charge is 2.11. The molecule has 138 valence electrons.